The number of nitrogens with zero attached hydrogens (tertiary/aromatic N) is 2. The number of aromatic hydroxyl groups is 1. The summed E-state index contributed by atoms with van der Waals surface area (Å²) in [4.78, 5) is 31.3. The molecule has 2 atom stereocenters. The number of ether oxygens (including phenoxy) is 1. The van der Waals surface area contributed by atoms with E-state index in [0.717, 1.165) is 85.4 Å². The minimum Gasteiger partial charge on any atom is -0.506 e. The largest absolute Gasteiger partial charge is 0.506 e. The van der Waals surface area contributed by atoms with Crippen LogP contribution in [0.4, 0.5) is 10.5 Å². The zero-order valence-corrected chi connectivity index (χ0v) is 29.2. The van der Waals surface area contributed by atoms with E-state index in [0.29, 0.717) is 35.5 Å². The summed E-state index contributed by atoms with van der Waals surface area (Å²) in [6, 6.07) is 30.3. The molecule has 10 nitrogen and oxygen atoms in total. The van der Waals surface area contributed by atoms with Crippen LogP contribution in [0.25, 0.3) is 22.0 Å². The van der Waals surface area contributed by atoms with E-state index in [1.54, 1.807) is 17.0 Å². The number of piperidine rings is 3. The molecule has 5 aromatic rings. The SMILES string of the molecule is O=C(O)N(c1cc(CCCCOc2cccc(CNC[C@H](O)c3ccc(O)c4[nH]c(=O)ccc34)c2)ccc1-c1ccccc1)[C@H]1CN2CCC1CC2. The van der Waals surface area contributed by atoms with Gasteiger partial charge in [0.1, 0.15) is 11.5 Å². The van der Waals surface area contributed by atoms with Crippen LogP contribution in [-0.4, -0.2) is 70.1 Å². The third kappa shape index (κ3) is 7.99. The maximum absolute atomic E-state index is 12.9. The van der Waals surface area contributed by atoms with Gasteiger partial charge in [-0.3, -0.25) is 9.69 Å². The van der Waals surface area contributed by atoms with Crippen molar-refractivity contribution >= 4 is 22.7 Å². The molecule has 5 N–H and O–H groups in total. The molecule has 3 aliphatic heterocycles. The maximum atomic E-state index is 12.9. The standard InChI is InChI=1S/C42H46N4O6/c47-38-16-14-34(35-15-17-40(49)44-41(35)38)39(48)26-43-25-29-8-6-11-32(23-29)52-22-5-4-7-28-12-13-33(30-9-2-1-3-10-30)36(24-28)46(42(50)51)37-27-45-20-18-31(37)19-21-45/h1-3,6,8-17,23-24,31,37,39,43,47-48H,4-5,7,18-22,25-27H2,(H,44,49)(H,50,51)/t37-,39-/m0/s1. The average molecular weight is 703 g/mol. The smallest absolute Gasteiger partial charge is 0.412 e. The van der Waals surface area contributed by atoms with Crippen molar-refractivity contribution in [2.45, 2.75) is 50.8 Å². The Hall–Kier alpha value is -5.16. The molecule has 3 fully saturated rings. The van der Waals surface area contributed by atoms with E-state index >= 15 is 0 Å². The van der Waals surface area contributed by atoms with Gasteiger partial charge in [0, 0.05) is 36.7 Å². The van der Waals surface area contributed by atoms with Crippen LogP contribution in [0.3, 0.4) is 0 Å². The number of rotatable bonds is 14. The molecule has 52 heavy (non-hydrogen) atoms. The Labute approximate surface area is 303 Å². The lowest BCUT2D eigenvalue weighted by Crippen LogP contribution is -2.59. The lowest BCUT2D eigenvalue weighted by atomic mass is 9.82. The van der Waals surface area contributed by atoms with Crippen molar-refractivity contribution in [3.63, 3.8) is 0 Å². The minimum absolute atomic E-state index is 0.0398. The Morgan fingerprint density at radius 2 is 1.77 bits per heavy atom. The quantitative estimate of drug-likeness (QED) is 0.0806. The van der Waals surface area contributed by atoms with E-state index in [1.807, 2.05) is 54.6 Å². The number of aromatic amines is 1. The van der Waals surface area contributed by atoms with Gasteiger partial charge in [-0.2, -0.15) is 0 Å². The van der Waals surface area contributed by atoms with Gasteiger partial charge in [0.15, 0.2) is 0 Å². The summed E-state index contributed by atoms with van der Waals surface area (Å²) in [5.74, 6) is 1.12. The third-order valence-electron chi connectivity index (χ3n) is 10.5. The summed E-state index contributed by atoms with van der Waals surface area (Å²) in [7, 11) is 0. The molecule has 0 unspecified atom stereocenters. The van der Waals surface area contributed by atoms with Crippen molar-refractivity contribution < 1.29 is 24.9 Å². The summed E-state index contributed by atoms with van der Waals surface area (Å²) >= 11 is 0. The fourth-order valence-electron chi connectivity index (χ4n) is 7.82. The summed E-state index contributed by atoms with van der Waals surface area (Å²) in [6.45, 7) is 4.25. The number of H-pyrrole nitrogens is 1. The van der Waals surface area contributed by atoms with Crippen LogP contribution in [0.5, 0.6) is 11.5 Å². The lowest BCUT2D eigenvalue weighted by Gasteiger charge is -2.48. The molecule has 0 radical (unpaired) electrons. The van der Waals surface area contributed by atoms with E-state index in [-0.39, 0.29) is 23.9 Å². The number of aromatic nitrogens is 1. The molecule has 0 saturated carbocycles. The van der Waals surface area contributed by atoms with Crippen molar-refractivity contribution in [1.82, 2.24) is 15.2 Å². The number of nitrogens with one attached hydrogen (secondary N) is 2. The van der Waals surface area contributed by atoms with Crippen LogP contribution in [0.1, 0.15) is 48.5 Å². The summed E-state index contributed by atoms with van der Waals surface area (Å²) in [5.41, 5.74) is 5.48. The maximum Gasteiger partial charge on any atom is 0.412 e. The Balaban J connectivity index is 0.935. The second kappa shape index (κ2) is 16.0. The number of hydrogen-bond donors (Lipinski definition) is 5. The number of pyridine rings is 1. The number of hydrogen-bond acceptors (Lipinski definition) is 7. The van der Waals surface area contributed by atoms with Gasteiger partial charge in [-0.05, 0) is 104 Å². The summed E-state index contributed by atoms with van der Waals surface area (Å²) < 4.78 is 6.11. The van der Waals surface area contributed by atoms with Crippen molar-refractivity contribution in [3.8, 4) is 22.6 Å². The molecule has 3 saturated heterocycles. The number of aliphatic hydroxyl groups excluding tert-OH is 1. The van der Waals surface area contributed by atoms with Crippen LogP contribution in [0.2, 0.25) is 0 Å². The third-order valence-corrected chi connectivity index (χ3v) is 10.5. The highest BCUT2D eigenvalue weighted by Gasteiger charge is 2.40. The van der Waals surface area contributed by atoms with Crippen molar-refractivity contribution in [2.24, 2.45) is 5.92 Å². The second-order valence-corrected chi connectivity index (χ2v) is 14.0. The summed E-state index contributed by atoms with van der Waals surface area (Å²) in [5, 5.41) is 35.5. The molecule has 3 aliphatic rings. The fourth-order valence-corrected chi connectivity index (χ4v) is 7.82. The molecule has 4 heterocycles. The molecule has 10 heteroatoms. The number of fused-ring (bicyclic) bond motifs is 4. The summed E-state index contributed by atoms with van der Waals surface area (Å²) in [6.07, 6.45) is 2.92. The first kappa shape index (κ1) is 35.3. The molecule has 4 aromatic carbocycles. The second-order valence-electron chi connectivity index (χ2n) is 14.0. The van der Waals surface area contributed by atoms with Crippen LogP contribution in [0.15, 0.2) is 102 Å². The van der Waals surface area contributed by atoms with Gasteiger partial charge in [0.2, 0.25) is 5.56 Å². The highest BCUT2D eigenvalue weighted by atomic mass is 16.5. The molecular formula is C42H46N4O6. The predicted molar refractivity (Wildman–Crippen MR) is 203 cm³/mol. The van der Waals surface area contributed by atoms with E-state index in [9.17, 15) is 24.9 Å². The number of aryl methyl sites for hydroxylation is 1. The van der Waals surface area contributed by atoms with Gasteiger partial charge >= 0.3 is 6.09 Å². The van der Waals surface area contributed by atoms with Crippen molar-refractivity contribution in [3.05, 3.63) is 124 Å². The molecule has 0 aliphatic carbocycles. The fraction of sp³-hybridized carbons (Fsp3) is 0.333. The van der Waals surface area contributed by atoms with E-state index < -0.39 is 12.2 Å². The Bertz CT molecular complexity index is 2060. The Morgan fingerprint density at radius 1 is 0.942 bits per heavy atom. The van der Waals surface area contributed by atoms with Gasteiger partial charge in [-0.1, -0.05) is 60.7 Å². The van der Waals surface area contributed by atoms with Crippen LogP contribution >= 0.6 is 0 Å². The lowest BCUT2D eigenvalue weighted by molar-refractivity contribution is 0.0837. The zero-order chi connectivity index (χ0) is 36.0. The number of anilines is 1. The number of unbranched alkanes of at least 4 members (excludes halogenated alkanes) is 1. The number of carboxylic acid groups (broad SMARTS) is 1. The van der Waals surface area contributed by atoms with Crippen molar-refractivity contribution in [2.75, 3.05) is 37.7 Å². The Kier molecular flexibility index (Phi) is 10.9. The first-order valence-electron chi connectivity index (χ1n) is 18.2. The van der Waals surface area contributed by atoms with Gasteiger partial charge in [-0.15, -0.1) is 0 Å². The minimum atomic E-state index is -0.889. The van der Waals surface area contributed by atoms with Crippen molar-refractivity contribution in [1.29, 1.82) is 0 Å². The van der Waals surface area contributed by atoms with Gasteiger partial charge in [0.25, 0.3) is 0 Å². The molecular weight excluding hydrogens is 656 g/mol. The highest BCUT2D eigenvalue weighted by molar-refractivity contribution is 5.94. The average Bonchev–Trinajstić information content (AvgIpc) is 3.16. The Morgan fingerprint density at radius 3 is 2.54 bits per heavy atom. The molecule has 1 aromatic heterocycles. The van der Waals surface area contributed by atoms with Gasteiger partial charge in [0.05, 0.1) is 30.0 Å². The first-order valence-corrected chi connectivity index (χ1v) is 18.2. The van der Waals surface area contributed by atoms with Gasteiger partial charge < -0.3 is 35.3 Å². The number of phenolic OH excluding ortho intramolecular Hbond substituents is 1. The normalized spacial score (nSPS) is 18.7. The van der Waals surface area contributed by atoms with Crippen LogP contribution in [0, 0.1) is 5.92 Å². The van der Waals surface area contributed by atoms with Crippen LogP contribution in [-0.2, 0) is 13.0 Å². The number of carbonyl (C=O) groups is 1. The monoisotopic (exact) mass is 702 g/mol. The van der Waals surface area contributed by atoms with E-state index in [4.69, 9.17) is 4.74 Å². The molecule has 270 valence electrons. The highest BCUT2D eigenvalue weighted by Crippen LogP contribution is 2.39. The zero-order valence-electron chi connectivity index (χ0n) is 29.2. The first-order chi connectivity index (χ1) is 25.3. The van der Waals surface area contributed by atoms with E-state index in [2.05, 4.69) is 33.4 Å². The molecule has 8 rings (SSSR count). The molecule has 2 bridgehead atoms. The number of amides is 1. The predicted octanol–water partition coefficient (Wildman–Crippen LogP) is 6.70. The van der Waals surface area contributed by atoms with E-state index in [1.165, 1.54) is 12.1 Å². The van der Waals surface area contributed by atoms with Crippen LogP contribution < -0.4 is 20.5 Å². The topological polar surface area (TPSA) is 138 Å². The number of aliphatic hydroxyl groups is 1. The molecule has 1 amide bonds. The molecule has 0 spiro atoms. The number of benzene rings is 4. The number of phenols is 1. The van der Waals surface area contributed by atoms with Gasteiger partial charge in [-0.25, -0.2) is 4.79 Å².